The van der Waals surface area contributed by atoms with Gasteiger partial charge in [0.05, 0.1) is 16.8 Å². The summed E-state index contributed by atoms with van der Waals surface area (Å²) in [6, 6.07) is 5.66. The summed E-state index contributed by atoms with van der Waals surface area (Å²) >= 11 is 3.45. The summed E-state index contributed by atoms with van der Waals surface area (Å²) in [5, 5.41) is 20.9. The van der Waals surface area contributed by atoms with Gasteiger partial charge in [-0.15, -0.1) is 0 Å². The van der Waals surface area contributed by atoms with E-state index in [1.54, 1.807) is 0 Å². The zero-order valence-corrected chi connectivity index (χ0v) is 12.3. The Morgan fingerprint density at radius 3 is 2.25 bits per heavy atom. The topological polar surface area (TPSA) is 54.6 Å². The number of rotatable bonds is 1. The van der Waals surface area contributed by atoms with Crippen molar-refractivity contribution in [3.8, 4) is 17.4 Å². The Kier molecular flexibility index (Phi) is 2.35. The molecule has 2 unspecified atom stereocenters. The van der Waals surface area contributed by atoms with Crippen molar-refractivity contribution < 1.29 is 14.9 Å². The second kappa shape index (κ2) is 3.90. The van der Waals surface area contributed by atoms with Gasteiger partial charge in [-0.2, -0.15) is 0 Å². The Morgan fingerprint density at radius 1 is 1.10 bits per heavy atom. The van der Waals surface area contributed by atoms with Gasteiger partial charge in [0, 0.05) is 4.47 Å². The van der Waals surface area contributed by atoms with Crippen LogP contribution in [0.15, 0.2) is 34.8 Å². The molecule has 0 radical (unpaired) electrons. The zero-order chi connectivity index (χ0) is 14.0. The summed E-state index contributed by atoms with van der Waals surface area (Å²) in [6.07, 6.45) is 3.31. The van der Waals surface area contributed by atoms with Gasteiger partial charge in [0.1, 0.15) is 12.2 Å². The van der Waals surface area contributed by atoms with Gasteiger partial charge in [0.2, 0.25) is 11.8 Å². The number of aromatic hydroxyl groups is 2. The van der Waals surface area contributed by atoms with Crippen LogP contribution in [0.1, 0.15) is 28.9 Å². The van der Waals surface area contributed by atoms with Gasteiger partial charge in [0.25, 0.3) is 0 Å². The van der Waals surface area contributed by atoms with Crippen LogP contribution in [0, 0.1) is 6.92 Å². The molecule has 2 aromatic rings. The van der Waals surface area contributed by atoms with Crippen molar-refractivity contribution in [3.05, 3.63) is 51.5 Å². The quantitative estimate of drug-likeness (QED) is 0.783. The van der Waals surface area contributed by atoms with Crippen molar-refractivity contribution in [1.82, 2.24) is 4.57 Å². The highest BCUT2D eigenvalue weighted by Gasteiger charge is 2.42. The van der Waals surface area contributed by atoms with E-state index < -0.39 is 0 Å². The molecule has 1 aromatic heterocycles. The lowest BCUT2D eigenvalue weighted by Gasteiger charge is -2.11. The standard InChI is InChI=1S/C15H12BrNO3/c1-7-6-8(2-3-9(7)16)17-14(18)12-10-4-5-11(20-10)13(12)15(17)19/h2-6,10-11,18-19H,1H3. The van der Waals surface area contributed by atoms with Crippen LogP contribution < -0.4 is 0 Å². The maximum atomic E-state index is 10.4. The first-order chi connectivity index (χ1) is 9.58. The maximum Gasteiger partial charge on any atom is 0.205 e. The lowest BCUT2D eigenvalue weighted by atomic mass is 10.0. The molecule has 0 saturated heterocycles. The number of aryl methyl sites for hydroxylation is 1. The van der Waals surface area contributed by atoms with E-state index in [1.165, 1.54) is 4.57 Å². The highest BCUT2D eigenvalue weighted by atomic mass is 79.9. The normalized spacial score (nSPS) is 22.5. The van der Waals surface area contributed by atoms with Crippen molar-refractivity contribution in [3.63, 3.8) is 0 Å². The number of halogens is 1. The summed E-state index contributed by atoms with van der Waals surface area (Å²) in [4.78, 5) is 0. The third kappa shape index (κ3) is 1.39. The number of benzene rings is 1. The molecule has 2 aliphatic heterocycles. The summed E-state index contributed by atoms with van der Waals surface area (Å²) in [5.74, 6) is 0.104. The van der Waals surface area contributed by atoms with Gasteiger partial charge in [-0.1, -0.05) is 28.1 Å². The minimum absolute atomic E-state index is 0.0519. The van der Waals surface area contributed by atoms with E-state index in [1.807, 2.05) is 37.3 Å². The fourth-order valence-electron chi connectivity index (χ4n) is 2.93. The SMILES string of the molecule is Cc1cc(-n2c(O)c3c(c2O)C2C=CC3O2)ccc1Br. The Hall–Kier alpha value is -1.72. The predicted molar refractivity (Wildman–Crippen MR) is 77.2 cm³/mol. The number of fused-ring (bicyclic) bond motifs is 5. The first kappa shape index (κ1) is 12.1. The van der Waals surface area contributed by atoms with Crippen molar-refractivity contribution in [2.45, 2.75) is 19.1 Å². The summed E-state index contributed by atoms with van der Waals surface area (Å²) in [5.41, 5.74) is 3.12. The van der Waals surface area contributed by atoms with Crippen LogP contribution in [0.4, 0.5) is 0 Å². The Balaban J connectivity index is 1.94. The predicted octanol–water partition coefficient (Wildman–Crippen LogP) is 3.64. The van der Waals surface area contributed by atoms with E-state index in [-0.39, 0.29) is 24.0 Å². The van der Waals surface area contributed by atoms with Gasteiger partial charge in [-0.25, -0.2) is 0 Å². The lowest BCUT2D eigenvalue weighted by molar-refractivity contribution is 0.0842. The maximum absolute atomic E-state index is 10.4. The second-order valence-corrected chi connectivity index (χ2v) is 5.96. The summed E-state index contributed by atoms with van der Waals surface area (Å²) in [7, 11) is 0. The monoisotopic (exact) mass is 333 g/mol. The van der Waals surface area contributed by atoms with Crippen molar-refractivity contribution in [2.75, 3.05) is 0 Å². The third-order valence-corrected chi connectivity index (χ3v) is 4.81. The van der Waals surface area contributed by atoms with E-state index in [0.29, 0.717) is 11.1 Å². The van der Waals surface area contributed by atoms with Crippen molar-refractivity contribution >= 4 is 15.9 Å². The van der Waals surface area contributed by atoms with Crippen LogP contribution in [-0.2, 0) is 4.74 Å². The lowest BCUT2D eigenvalue weighted by Crippen LogP contribution is -1.97. The highest BCUT2D eigenvalue weighted by molar-refractivity contribution is 9.10. The second-order valence-electron chi connectivity index (χ2n) is 5.11. The van der Waals surface area contributed by atoms with E-state index >= 15 is 0 Å². The smallest absolute Gasteiger partial charge is 0.205 e. The van der Waals surface area contributed by atoms with Crippen LogP contribution >= 0.6 is 15.9 Å². The third-order valence-electron chi connectivity index (χ3n) is 3.92. The molecule has 102 valence electrons. The number of aromatic nitrogens is 1. The van der Waals surface area contributed by atoms with Crippen molar-refractivity contribution in [2.24, 2.45) is 0 Å². The summed E-state index contributed by atoms with van der Waals surface area (Å²) in [6.45, 7) is 1.97. The largest absolute Gasteiger partial charge is 0.494 e. The molecule has 0 amide bonds. The van der Waals surface area contributed by atoms with Crippen molar-refractivity contribution in [1.29, 1.82) is 0 Å². The molecule has 2 bridgehead atoms. The molecule has 0 spiro atoms. The van der Waals surface area contributed by atoms with Gasteiger partial charge in [-0.3, -0.25) is 4.57 Å². The first-order valence-electron chi connectivity index (χ1n) is 6.34. The summed E-state index contributed by atoms with van der Waals surface area (Å²) < 4.78 is 8.09. The molecule has 4 rings (SSSR count). The molecular formula is C15H12BrNO3. The van der Waals surface area contributed by atoms with Gasteiger partial charge in [0.15, 0.2) is 0 Å². The number of nitrogens with zero attached hydrogens (tertiary/aromatic N) is 1. The highest BCUT2D eigenvalue weighted by Crippen LogP contribution is 2.55. The fraction of sp³-hybridized carbons (Fsp3) is 0.200. The molecule has 3 heterocycles. The molecule has 20 heavy (non-hydrogen) atoms. The molecule has 0 fully saturated rings. The Morgan fingerprint density at radius 2 is 1.70 bits per heavy atom. The van der Waals surface area contributed by atoms with Crippen LogP contribution in [-0.4, -0.2) is 14.8 Å². The van der Waals surface area contributed by atoms with Gasteiger partial charge >= 0.3 is 0 Å². The van der Waals surface area contributed by atoms with Crippen LogP contribution in [0.25, 0.3) is 5.69 Å². The van der Waals surface area contributed by atoms with Crippen LogP contribution in [0.5, 0.6) is 11.8 Å². The molecule has 2 atom stereocenters. The molecule has 0 saturated carbocycles. The first-order valence-corrected chi connectivity index (χ1v) is 7.14. The Bertz CT molecular complexity index is 727. The molecule has 5 heteroatoms. The molecular weight excluding hydrogens is 322 g/mol. The minimum atomic E-state index is -0.251. The molecule has 0 aliphatic carbocycles. The molecule has 2 N–H and O–H groups in total. The fourth-order valence-corrected chi connectivity index (χ4v) is 3.18. The minimum Gasteiger partial charge on any atom is -0.494 e. The Labute approximate surface area is 124 Å². The van der Waals surface area contributed by atoms with Gasteiger partial charge < -0.3 is 14.9 Å². The van der Waals surface area contributed by atoms with Crippen LogP contribution in [0.2, 0.25) is 0 Å². The van der Waals surface area contributed by atoms with Crippen LogP contribution in [0.3, 0.4) is 0 Å². The van der Waals surface area contributed by atoms with E-state index in [4.69, 9.17) is 4.74 Å². The number of hydrogen-bond donors (Lipinski definition) is 2. The molecule has 4 nitrogen and oxygen atoms in total. The van der Waals surface area contributed by atoms with E-state index in [2.05, 4.69) is 15.9 Å². The molecule has 2 aliphatic rings. The van der Waals surface area contributed by atoms with Gasteiger partial charge in [-0.05, 0) is 30.7 Å². The zero-order valence-electron chi connectivity index (χ0n) is 10.7. The average Bonchev–Trinajstić information content (AvgIpc) is 3.08. The average molecular weight is 334 g/mol. The van der Waals surface area contributed by atoms with E-state index in [0.717, 1.165) is 15.7 Å². The molecule has 1 aromatic carbocycles. The number of ether oxygens (including phenoxy) is 1. The number of hydrogen-bond acceptors (Lipinski definition) is 3. The van der Waals surface area contributed by atoms with E-state index in [9.17, 15) is 10.2 Å².